The van der Waals surface area contributed by atoms with Gasteiger partial charge in [0.2, 0.25) is 5.89 Å². The first-order valence-corrected chi connectivity index (χ1v) is 5.51. The molecule has 1 saturated heterocycles. The molecule has 0 amide bonds. The molecule has 0 bridgehead atoms. The predicted molar refractivity (Wildman–Crippen MR) is 54.5 cm³/mol. The molecule has 1 aliphatic rings. The number of aromatic nitrogens is 2. The normalized spacial score (nSPS) is 21.8. The highest BCUT2D eigenvalue weighted by Crippen LogP contribution is 2.22. The zero-order chi connectivity index (χ0) is 10.5. The van der Waals surface area contributed by atoms with Crippen LogP contribution in [0.1, 0.15) is 37.4 Å². The van der Waals surface area contributed by atoms with E-state index in [-0.39, 0.29) is 0 Å². The van der Waals surface area contributed by atoms with E-state index in [1.54, 1.807) is 0 Å². The van der Waals surface area contributed by atoms with E-state index >= 15 is 0 Å². The second kappa shape index (κ2) is 5.23. The summed E-state index contributed by atoms with van der Waals surface area (Å²) in [6.07, 6.45) is 2.18. The predicted octanol–water partition coefficient (Wildman–Crippen LogP) is 1.07. The third-order valence-corrected chi connectivity index (χ3v) is 2.54. The molecule has 0 aliphatic carbocycles. The standard InChI is InChI=1S/C10H17N3O2/c1-2-11-6-9-12-10(13-15-9)8-4-3-5-14-7-8/h8,11H,2-7H2,1H3. The van der Waals surface area contributed by atoms with Crippen molar-refractivity contribution in [2.45, 2.75) is 32.2 Å². The van der Waals surface area contributed by atoms with Gasteiger partial charge < -0.3 is 14.6 Å². The van der Waals surface area contributed by atoms with Crippen molar-refractivity contribution in [3.63, 3.8) is 0 Å². The van der Waals surface area contributed by atoms with Gasteiger partial charge >= 0.3 is 0 Å². The van der Waals surface area contributed by atoms with Crippen LogP contribution in [0.3, 0.4) is 0 Å². The van der Waals surface area contributed by atoms with Gasteiger partial charge in [0.15, 0.2) is 5.82 Å². The van der Waals surface area contributed by atoms with E-state index < -0.39 is 0 Å². The van der Waals surface area contributed by atoms with Crippen LogP contribution in [0.5, 0.6) is 0 Å². The lowest BCUT2D eigenvalue weighted by molar-refractivity contribution is 0.0773. The summed E-state index contributed by atoms with van der Waals surface area (Å²) >= 11 is 0. The van der Waals surface area contributed by atoms with Gasteiger partial charge in [-0.3, -0.25) is 0 Å². The molecule has 5 nitrogen and oxygen atoms in total. The third-order valence-electron chi connectivity index (χ3n) is 2.54. The van der Waals surface area contributed by atoms with Crippen molar-refractivity contribution in [2.24, 2.45) is 0 Å². The van der Waals surface area contributed by atoms with Crippen molar-refractivity contribution in [2.75, 3.05) is 19.8 Å². The fourth-order valence-electron chi connectivity index (χ4n) is 1.68. The highest BCUT2D eigenvalue weighted by atomic mass is 16.5. The Kier molecular flexibility index (Phi) is 3.69. The van der Waals surface area contributed by atoms with Crippen molar-refractivity contribution in [1.82, 2.24) is 15.5 Å². The van der Waals surface area contributed by atoms with Crippen LogP contribution in [0.4, 0.5) is 0 Å². The Morgan fingerprint density at radius 2 is 2.47 bits per heavy atom. The SMILES string of the molecule is CCNCc1nc(C2CCCOC2)no1. The third kappa shape index (κ3) is 2.76. The zero-order valence-electron chi connectivity index (χ0n) is 9.03. The molecule has 1 aromatic heterocycles. The van der Waals surface area contributed by atoms with Crippen LogP contribution in [0.15, 0.2) is 4.52 Å². The quantitative estimate of drug-likeness (QED) is 0.807. The van der Waals surface area contributed by atoms with Gasteiger partial charge in [-0.1, -0.05) is 12.1 Å². The first kappa shape index (κ1) is 10.6. The molecule has 84 valence electrons. The Labute approximate surface area is 89.2 Å². The Morgan fingerprint density at radius 3 is 3.20 bits per heavy atom. The van der Waals surface area contributed by atoms with Crippen molar-refractivity contribution in [3.05, 3.63) is 11.7 Å². The molecule has 1 aromatic rings. The number of nitrogens with zero attached hydrogens (tertiary/aromatic N) is 2. The highest BCUT2D eigenvalue weighted by Gasteiger charge is 2.21. The van der Waals surface area contributed by atoms with Crippen LogP contribution in [0.25, 0.3) is 0 Å². The number of hydrogen-bond acceptors (Lipinski definition) is 5. The largest absolute Gasteiger partial charge is 0.381 e. The lowest BCUT2D eigenvalue weighted by Gasteiger charge is -2.18. The molecule has 1 aliphatic heterocycles. The van der Waals surface area contributed by atoms with Gasteiger partial charge in [0.25, 0.3) is 0 Å². The van der Waals surface area contributed by atoms with Crippen LogP contribution < -0.4 is 5.32 Å². The van der Waals surface area contributed by atoms with Crippen molar-refractivity contribution >= 4 is 0 Å². The van der Waals surface area contributed by atoms with Crippen LogP contribution in [-0.2, 0) is 11.3 Å². The van der Waals surface area contributed by atoms with Crippen LogP contribution in [0.2, 0.25) is 0 Å². The molecule has 5 heteroatoms. The molecule has 0 radical (unpaired) electrons. The Balaban J connectivity index is 1.93. The van der Waals surface area contributed by atoms with Gasteiger partial charge in [-0.05, 0) is 19.4 Å². The first-order valence-electron chi connectivity index (χ1n) is 5.51. The number of ether oxygens (including phenoxy) is 1. The number of rotatable bonds is 4. The Bertz CT molecular complexity index is 295. The van der Waals surface area contributed by atoms with E-state index in [4.69, 9.17) is 9.26 Å². The Morgan fingerprint density at radius 1 is 1.53 bits per heavy atom. The molecule has 2 heterocycles. The van der Waals surface area contributed by atoms with Gasteiger partial charge in [-0.25, -0.2) is 0 Å². The van der Waals surface area contributed by atoms with Crippen LogP contribution >= 0.6 is 0 Å². The number of nitrogens with one attached hydrogen (secondary N) is 1. The van der Waals surface area contributed by atoms with E-state index in [9.17, 15) is 0 Å². The summed E-state index contributed by atoms with van der Waals surface area (Å²) < 4.78 is 10.5. The second-order valence-electron chi connectivity index (χ2n) is 3.74. The lowest BCUT2D eigenvalue weighted by Crippen LogP contribution is -2.17. The smallest absolute Gasteiger partial charge is 0.240 e. The molecule has 0 saturated carbocycles. The first-order chi connectivity index (χ1) is 7.40. The fraction of sp³-hybridized carbons (Fsp3) is 0.800. The van der Waals surface area contributed by atoms with E-state index in [0.29, 0.717) is 18.4 Å². The maximum Gasteiger partial charge on any atom is 0.240 e. The van der Waals surface area contributed by atoms with Crippen LogP contribution in [0, 0.1) is 0 Å². The van der Waals surface area contributed by atoms with Crippen molar-refractivity contribution in [1.29, 1.82) is 0 Å². The maximum absolute atomic E-state index is 5.39. The molecule has 1 fully saturated rings. The van der Waals surface area contributed by atoms with Gasteiger partial charge in [0, 0.05) is 12.5 Å². The monoisotopic (exact) mass is 211 g/mol. The second-order valence-corrected chi connectivity index (χ2v) is 3.74. The van der Waals surface area contributed by atoms with Gasteiger partial charge in [-0.2, -0.15) is 4.98 Å². The van der Waals surface area contributed by atoms with Gasteiger partial charge in [-0.15, -0.1) is 0 Å². The number of hydrogen-bond donors (Lipinski definition) is 1. The molecular weight excluding hydrogens is 194 g/mol. The summed E-state index contributed by atoms with van der Waals surface area (Å²) in [5.41, 5.74) is 0. The molecule has 1 N–H and O–H groups in total. The Hall–Kier alpha value is -0.940. The minimum absolute atomic E-state index is 0.317. The van der Waals surface area contributed by atoms with E-state index in [1.807, 2.05) is 6.92 Å². The van der Waals surface area contributed by atoms with Crippen molar-refractivity contribution in [3.8, 4) is 0 Å². The average Bonchev–Trinajstić information content (AvgIpc) is 2.76. The minimum Gasteiger partial charge on any atom is -0.381 e. The molecule has 0 spiro atoms. The summed E-state index contributed by atoms with van der Waals surface area (Å²) in [6, 6.07) is 0. The lowest BCUT2D eigenvalue weighted by atomic mass is 10.0. The topological polar surface area (TPSA) is 60.2 Å². The van der Waals surface area contributed by atoms with E-state index in [2.05, 4.69) is 15.5 Å². The van der Waals surface area contributed by atoms with Gasteiger partial charge in [0.1, 0.15) is 0 Å². The van der Waals surface area contributed by atoms with Crippen molar-refractivity contribution < 1.29 is 9.26 Å². The van der Waals surface area contributed by atoms with Crippen LogP contribution in [-0.4, -0.2) is 29.9 Å². The highest BCUT2D eigenvalue weighted by molar-refractivity contribution is 4.96. The minimum atomic E-state index is 0.317. The molecule has 15 heavy (non-hydrogen) atoms. The average molecular weight is 211 g/mol. The van der Waals surface area contributed by atoms with E-state index in [0.717, 1.165) is 38.4 Å². The van der Waals surface area contributed by atoms with Gasteiger partial charge in [0.05, 0.1) is 13.2 Å². The molecular formula is C10H17N3O2. The fourth-order valence-corrected chi connectivity index (χ4v) is 1.68. The van der Waals surface area contributed by atoms with E-state index in [1.165, 1.54) is 0 Å². The summed E-state index contributed by atoms with van der Waals surface area (Å²) in [6.45, 7) is 5.19. The molecule has 2 rings (SSSR count). The molecule has 1 atom stereocenters. The summed E-state index contributed by atoms with van der Waals surface area (Å²) in [5.74, 6) is 1.78. The maximum atomic E-state index is 5.39. The summed E-state index contributed by atoms with van der Waals surface area (Å²) in [7, 11) is 0. The zero-order valence-corrected chi connectivity index (χ0v) is 9.03. The molecule has 1 unspecified atom stereocenters. The summed E-state index contributed by atoms with van der Waals surface area (Å²) in [4.78, 5) is 4.35. The summed E-state index contributed by atoms with van der Waals surface area (Å²) in [5, 5.41) is 7.14. The molecule has 0 aromatic carbocycles.